The molecule has 3 rings (SSSR count). The van der Waals surface area contributed by atoms with Crippen molar-refractivity contribution in [2.45, 2.75) is 19.1 Å². The molecule has 1 saturated heterocycles. The molecule has 2 heterocycles. The highest BCUT2D eigenvalue weighted by atomic mass is 35.5. The summed E-state index contributed by atoms with van der Waals surface area (Å²) in [5.41, 5.74) is 1.60. The summed E-state index contributed by atoms with van der Waals surface area (Å²) in [5.74, 6) is 0. The molecule has 1 fully saturated rings. The second-order valence-electron chi connectivity index (χ2n) is 5.02. The Bertz CT molecular complexity index is 667. The van der Waals surface area contributed by atoms with Crippen molar-refractivity contribution in [3.05, 3.63) is 46.6 Å². The zero-order valence-corrected chi connectivity index (χ0v) is 13.1. The highest BCUT2D eigenvalue weighted by molar-refractivity contribution is 7.10. The molecule has 1 aromatic carbocycles. The van der Waals surface area contributed by atoms with Crippen molar-refractivity contribution in [3.63, 3.8) is 0 Å². The van der Waals surface area contributed by atoms with Gasteiger partial charge in [0.25, 0.3) is 0 Å². The molecular weight excluding hydrogens is 306 g/mol. The molecule has 0 N–H and O–H groups in total. The van der Waals surface area contributed by atoms with Crippen molar-refractivity contribution >= 4 is 28.1 Å². The fourth-order valence-corrected chi connectivity index (χ4v) is 3.59. The van der Waals surface area contributed by atoms with Gasteiger partial charge in [0.15, 0.2) is 5.15 Å². The molecule has 0 amide bonds. The van der Waals surface area contributed by atoms with E-state index in [1.807, 2.05) is 25.1 Å². The van der Waals surface area contributed by atoms with Gasteiger partial charge in [0.05, 0.1) is 6.10 Å². The van der Waals surface area contributed by atoms with Gasteiger partial charge in [0.1, 0.15) is 22.7 Å². The second-order valence-corrected chi connectivity index (χ2v) is 6.13. The molecule has 4 nitrogen and oxygen atoms in total. The molecule has 108 valence electrons. The Morgan fingerprint density at radius 1 is 1.38 bits per heavy atom. The average Bonchev–Trinajstić information content (AvgIpc) is 2.88. The second kappa shape index (κ2) is 6.02. The van der Waals surface area contributed by atoms with Crippen LogP contribution in [0.5, 0.6) is 0 Å². The minimum absolute atomic E-state index is 0.0117. The van der Waals surface area contributed by atoms with Gasteiger partial charge in [0, 0.05) is 13.1 Å². The van der Waals surface area contributed by atoms with E-state index in [1.165, 1.54) is 11.5 Å². The first-order valence-corrected chi connectivity index (χ1v) is 7.84. The number of hydrogen-bond acceptors (Lipinski definition) is 5. The lowest BCUT2D eigenvalue weighted by Crippen LogP contribution is -2.42. The van der Waals surface area contributed by atoms with Crippen LogP contribution in [0.3, 0.4) is 0 Å². The predicted molar refractivity (Wildman–Crippen MR) is 83.8 cm³/mol. The van der Waals surface area contributed by atoms with E-state index in [4.69, 9.17) is 16.3 Å². The molecule has 0 aliphatic carbocycles. The molecule has 0 radical (unpaired) electrons. The maximum Gasteiger partial charge on any atom is 0.162 e. The normalized spacial score (nSPS) is 22.0. The fraction of sp³-hybridized carbons (Fsp3) is 0.333. The van der Waals surface area contributed by atoms with Gasteiger partial charge in [0.2, 0.25) is 0 Å². The Kier molecular flexibility index (Phi) is 4.11. The molecule has 2 aromatic rings. The minimum atomic E-state index is -0.0117. The van der Waals surface area contributed by atoms with E-state index in [1.54, 1.807) is 0 Å². The molecule has 1 aromatic heterocycles. The van der Waals surface area contributed by atoms with E-state index in [0.717, 1.165) is 17.1 Å². The van der Waals surface area contributed by atoms with Crippen LogP contribution in [0.15, 0.2) is 30.3 Å². The fourth-order valence-electron chi connectivity index (χ4n) is 2.54. The number of hydrogen-bond donors (Lipinski definition) is 0. The zero-order chi connectivity index (χ0) is 14.8. The summed E-state index contributed by atoms with van der Waals surface area (Å²) in [5, 5.41) is 10.4. The highest BCUT2D eigenvalue weighted by Crippen LogP contribution is 2.35. The van der Waals surface area contributed by atoms with E-state index in [2.05, 4.69) is 27.5 Å². The SMILES string of the molecule is C[C@@H]1CN(c2snc(Cl)c2C#N)C[C@@H](c2ccccc2)O1. The smallest absolute Gasteiger partial charge is 0.162 e. The Balaban J connectivity index is 1.88. The molecular formula is C15H14ClN3OS. The van der Waals surface area contributed by atoms with Crippen LogP contribution in [0.25, 0.3) is 0 Å². The number of halogens is 1. The van der Waals surface area contributed by atoms with Crippen LogP contribution in [0, 0.1) is 11.3 Å². The molecule has 1 aliphatic heterocycles. The third-order valence-electron chi connectivity index (χ3n) is 3.46. The molecule has 0 saturated carbocycles. The summed E-state index contributed by atoms with van der Waals surface area (Å²) in [6.45, 7) is 3.47. The van der Waals surface area contributed by atoms with Gasteiger partial charge in [-0.1, -0.05) is 41.9 Å². The van der Waals surface area contributed by atoms with Crippen LogP contribution in [-0.4, -0.2) is 23.6 Å². The minimum Gasteiger partial charge on any atom is -0.367 e. The van der Waals surface area contributed by atoms with Gasteiger partial charge in [-0.2, -0.15) is 9.64 Å². The third kappa shape index (κ3) is 2.88. The van der Waals surface area contributed by atoms with E-state index in [9.17, 15) is 5.26 Å². The predicted octanol–water partition coefficient (Wildman–Crippen LogP) is 3.63. The van der Waals surface area contributed by atoms with Crippen molar-refractivity contribution in [1.82, 2.24) is 4.37 Å². The highest BCUT2D eigenvalue weighted by Gasteiger charge is 2.29. The zero-order valence-electron chi connectivity index (χ0n) is 11.5. The quantitative estimate of drug-likeness (QED) is 0.848. The average molecular weight is 320 g/mol. The van der Waals surface area contributed by atoms with Gasteiger partial charge in [-0.15, -0.1) is 0 Å². The Morgan fingerprint density at radius 2 is 2.14 bits per heavy atom. The van der Waals surface area contributed by atoms with Crippen LogP contribution >= 0.6 is 23.1 Å². The molecule has 0 spiro atoms. The van der Waals surface area contributed by atoms with E-state index >= 15 is 0 Å². The molecule has 2 atom stereocenters. The largest absolute Gasteiger partial charge is 0.367 e. The Hall–Kier alpha value is -1.61. The van der Waals surface area contributed by atoms with Gasteiger partial charge in [-0.3, -0.25) is 0 Å². The first-order chi connectivity index (χ1) is 10.2. The summed E-state index contributed by atoms with van der Waals surface area (Å²) < 4.78 is 10.1. The van der Waals surface area contributed by atoms with Crippen molar-refractivity contribution < 1.29 is 4.74 Å². The lowest BCUT2D eigenvalue weighted by atomic mass is 10.1. The third-order valence-corrected chi connectivity index (χ3v) is 4.75. The van der Waals surface area contributed by atoms with Crippen molar-refractivity contribution in [1.29, 1.82) is 5.26 Å². The molecule has 6 heteroatoms. The lowest BCUT2D eigenvalue weighted by molar-refractivity contribution is -0.0171. The van der Waals surface area contributed by atoms with Crippen LogP contribution in [0.2, 0.25) is 5.15 Å². The van der Waals surface area contributed by atoms with E-state index in [-0.39, 0.29) is 17.4 Å². The van der Waals surface area contributed by atoms with Gasteiger partial charge in [-0.25, -0.2) is 0 Å². The molecule has 1 aliphatic rings. The van der Waals surface area contributed by atoms with Gasteiger partial charge < -0.3 is 9.64 Å². The Labute approximate surface area is 132 Å². The number of benzene rings is 1. The first kappa shape index (κ1) is 14.3. The Morgan fingerprint density at radius 3 is 2.86 bits per heavy atom. The first-order valence-electron chi connectivity index (χ1n) is 6.69. The van der Waals surface area contributed by atoms with E-state index in [0.29, 0.717) is 12.1 Å². The van der Waals surface area contributed by atoms with Crippen LogP contribution in [0.4, 0.5) is 5.00 Å². The standard InChI is InChI=1S/C15H14ClN3OS/c1-10-8-19(15-12(7-17)14(16)18-21-15)9-13(20-10)11-5-3-2-4-6-11/h2-6,10,13H,8-9H2,1H3/t10-,13+/m1/s1. The van der Waals surface area contributed by atoms with Gasteiger partial charge in [-0.05, 0) is 24.0 Å². The molecule has 21 heavy (non-hydrogen) atoms. The summed E-state index contributed by atoms with van der Waals surface area (Å²) in [6.07, 6.45) is 0.0683. The number of anilines is 1. The maximum atomic E-state index is 9.24. The number of ether oxygens (including phenoxy) is 1. The van der Waals surface area contributed by atoms with Crippen molar-refractivity contribution in [2.24, 2.45) is 0 Å². The number of rotatable bonds is 2. The van der Waals surface area contributed by atoms with Crippen LogP contribution in [-0.2, 0) is 4.74 Å². The number of nitriles is 1. The molecule has 0 unspecified atom stereocenters. The number of morpholine rings is 1. The van der Waals surface area contributed by atoms with Crippen molar-refractivity contribution in [2.75, 3.05) is 18.0 Å². The van der Waals surface area contributed by atoms with Crippen LogP contribution < -0.4 is 4.90 Å². The maximum absolute atomic E-state index is 9.24. The summed E-state index contributed by atoms with van der Waals surface area (Å²) in [4.78, 5) is 2.15. The summed E-state index contributed by atoms with van der Waals surface area (Å²) >= 11 is 7.25. The van der Waals surface area contributed by atoms with E-state index < -0.39 is 0 Å². The van der Waals surface area contributed by atoms with Crippen LogP contribution in [0.1, 0.15) is 24.2 Å². The number of nitrogens with zero attached hydrogens (tertiary/aromatic N) is 3. The molecule has 0 bridgehead atoms. The van der Waals surface area contributed by atoms with Gasteiger partial charge >= 0.3 is 0 Å². The summed E-state index contributed by atoms with van der Waals surface area (Å²) in [7, 11) is 0. The van der Waals surface area contributed by atoms with Crippen molar-refractivity contribution in [3.8, 4) is 6.07 Å². The summed E-state index contributed by atoms with van der Waals surface area (Å²) in [6, 6.07) is 12.3. The monoisotopic (exact) mass is 319 g/mol. The number of aromatic nitrogens is 1. The lowest BCUT2D eigenvalue weighted by Gasteiger charge is -2.37. The topological polar surface area (TPSA) is 49.2 Å².